The highest BCUT2D eigenvalue weighted by molar-refractivity contribution is 7.92. The monoisotopic (exact) mass is 391 g/mol. The molecule has 0 aliphatic rings. The molecule has 0 aromatic heterocycles. The number of urea groups is 1. The Kier molecular flexibility index (Phi) is 6.50. The van der Waals surface area contributed by atoms with E-state index in [1.54, 1.807) is 18.2 Å². The van der Waals surface area contributed by atoms with Crippen molar-refractivity contribution >= 4 is 33.6 Å². The molecule has 0 saturated heterocycles. The van der Waals surface area contributed by atoms with Gasteiger partial charge in [0.2, 0.25) is 0 Å². The number of benzene rings is 2. The summed E-state index contributed by atoms with van der Waals surface area (Å²) in [4.78, 5) is 34.5. The summed E-state index contributed by atoms with van der Waals surface area (Å²) in [6.07, 6.45) is 0. The minimum atomic E-state index is -3.81. The Labute approximate surface area is 155 Å². The molecule has 142 valence electrons. The van der Waals surface area contributed by atoms with Crippen LogP contribution in [0.1, 0.15) is 10.4 Å². The van der Waals surface area contributed by atoms with E-state index in [2.05, 4.69) is 10.0 Å². The second-order valence-electron chi connectivity index (χ2n) is 5.20. The molecule has 2 rings (SSSR count). The normalized spacial score (nSPS) is 10.6. The number of amides is 3. The highest BCUT2D eigenvalue weighted by Gasteiger charge is 2.16. The minimum absolute atomic E-state index is 0.0380. The Morgan fingerprint density at radius 2 is 1.70 bits per heavy atom. The van der Waals surface area contributed by atoms with Crippen LogP contribution in [0, 0.1) is 0 Å². The molecule has 3 N–H and O–H groups in total. The molecule has 9 nitrogen and oxygen atoms in total. The lowest BCUT2D eigenvalue weighted by atomic mass is 10.2. The summed E-state index contributed by atoms with van der Waals surface area (Å²) in [5.74, 6) is -1.65. The van der Waals surface area contributed by atoms with E-state index < -0.39 is 34.5 Å². The fourth-order valence-electron chi connectivity index (χ4n) is 1.96. The number of rotatable bonds is 6. The molecule has 0 aliphatic carbocycles. The van der Waals surface area contributed by atoms with Gasteiger partial charge in [0.1, 0.15) is 0 Å². The molecule has 0 radical (unpaired) electrons. The number of sulfonamides is 1. The highest BCUT2D eigenvalue weighted by Crippen LogP contribution is 2.17. The van der Waals surface area contributed by atoms with Crippen molar-refractivity contribution in [1.29, 1.82) is 0 Å². The quantitative estimate of drug-likeness (QED) is 0.632. The van der Waals surface area contributed by atoms with Crippen LogP contribution in [0.25, 0.3) is 0 Å². The number of hydrogen-bond acceptors (Lipinski definition) is 6. The molecular formula is C17H17N3O6S. The number of carbonyl (C=O) groups is 3. The van der Waals surface area contributed by atoms with Crippen LogP contribution >= 0.6 is 0 Å². The summed E-state index contributed by atoms with van der Waals surface area (Å²) in [7, 11) is -2.48. The number of hydrogen-bond donors (Lipinski definition) is 3. The Balaban J connectivity index is 2.03. The Bertz CT molecular complexity index is 944. The Hall–Kier alpha value is -3.40. The number of esters is 1. The van der Waals surface area contributed by atoms with Crippen LogP contribution in [0.4, 0.5) is 10.5 Å². The van der Waals surface area contributed by atoms with Crippen LogP contribution in [-0.2, 0) is 19.6 Å². The molecule has 27 heavy (non-hydrogen) atoms. The number of ether oxygens (including phenoxy) is 1. The number of imide groups is 1. The molecule has 0 atom stereocenters. The molecule has 0 heterocycles. The van der Waals surface area contributed by atoms with Crippen molar-refractivity contribution in [2.45, 2.75) is 4.90 Å². The van der Waals surface area contributed by atoms with E-state index in [1.165, 1.54) is 43.4 Å². The summed E-state index contributed by atoms with van der Waals surface area (Å²) in [5, 5.41) is 4.12. The molecule has 0 fully saturated rings. The summed E-state index contributed by atoms with van der Waals surface area (Å²) in [6, 6.07) is 12.6. The Morgan fingerprint density at radius 3 is 2.37 bits per heavy atom. The molecule has 0 unspecified atom stereocenters. The van der Waals surface area contributed by atoms with Gasteiger partial charge < -0.3 is 10.1 Å². The fraction of sp³-hybridized carbons (Fsp3) is 0.118. The lowest BCUT2D eigenvalue weighted by Gasteiger charge is -2.09. The summed E-state index contributed by atoms with van der Waals surface area (Å²) in [5.41, 5.74) is 0.194. The maximum atomic E-state index is 12.3. The second-order valence-corrected chi connectivity index (χ2v) is 6.89. The average molecular weight is 391 g/mol. The molecule has 0 aliphatic heterocycles. The zero-order valence-electron chi connectivity index (χ0n) is 14.3. The van der Waals surface area contributed by atoms with Crippen molar-refractivity contribution in [3.05, 3.63) is 60.2 Å². The first-order valence-electron chi connectivity index (χ1n) is 7.68. The summed E-state index contributed by atoms with van der Waals surface area (Å²) in [6.45, 7) is -0.660. The van der Waals surface area contributed by atoms with E-state index in [1.807, 2.05) is 5.32 Å². The van der Waals surface area contributed by atoms with Crippen molar-refractivity contribution in [2.24, 2.45) is 0 Å². The molecule has 0 spiro atoms. The first-order chi connectivity index (χ1) is 12.8. The maximum Gasteiger partial charge on any atom is 0.338 e. The molecule has 2 aromatic rings. The maximum absolute atomic E-state index is 12.3. The number of anilines is 1. The van der Waals surface area contributed by atoms with E-state index in [4.69, 9.17) is 4.74 Å². The van der Waals surface area contributed by atoms with Gasteiger partial charge in [0.15, 0.2) is 6.61 Å². The van der Waals surface area contributed by atoms with Crippen molar-refractivity contribution < 1.29 is 27.5 Å². The van der Waals surface area contributed by atoms with Crippen molar-refractivity contribution in [3.63, 3.8) is 0 Å². The van der Waals surface area contributed by atoms with Crippen molar-refractivity contribution in [3.8, 4) is 0 Å². The van der Waals surface area contributed by atoms with Crippen molar-refractivity contribution in [2.75, 3.05) is 18.4 Å². The topological polar surface area (TPSA) is 131 Å². The van der Waals surface area contributed by atoms with Gasteiger partial charge in [-0.1, -0.05) is 24.3 Å². The van der Waals surface area contributed by atoms with E-state index in [0.29, 0.717) is 0 Å². The van der Waals surface area contributed by atoms with Gasteiger partial charge in [-0.25, -0.2) is 18.0 Å². The minimum Gasteiger partial charge on any atom is -0.452 e. The number of carbonyl (C=O) groups excluding carboxylic acids is 3. The van der Waals surface area contributed by atoms with Gasteiger partial charge in [0.25, 0.3) is 15.9 Å². The molecule has 3 amide bonds. The number of nitrogens with one attached hydrogen (secondary N) is 3. The fourth-order valence-corrected chi connectivity index (χ4v) is 3.03. The molecular weight excluding hydrogens is 374 g/mol. The van der Waals surface area contributed by atoms with Crippen LogP contribution < -0.4 is 15.4 Å². The third-order valence-corrected chi connectivity index (χ3v) is 4.62. The smallest absolute Gasteiger partial charge is 0.338 e. The van der Waals surface area contributed by atoms with E-state index in [0.717, 1.165) is 0 Å². The lowest BCUT2D eigenvalue weighted by Crippen LogP contribution is -2.39. The van der Waals surface area contributed by atoms with Crippen LogP contribution in [0.15, 0.2) is 59.5 Å². The largest absolute Gasteiger partial charge is 0.452 e. The van der Waals surface area contributed by atoms with Crippen LogP contribution in [0.5, 0.6) is 0 Å². The second kappa shape index (κ2) is 8.81. The van der Waals surface area contributed by atoms with Gasteiger partial charge in [-0.15, -0.1) is 0 Å². The van der Waals surface area contributed by atoms with Crippen LogP contribution in [0.2, 0.25) is 0 Å². The lowest BCUT2D eigenvalue weighted by molar-refractivity contribution is -0.123. The third-order valence-electron chi connectivity index (χ3n) is 3.22. The third kappa shape index (κ3) is 5.82. The molecule has 2 aromatic carbocycles. The zero-order chi connectivity index (χ0) is 19.9. The van der Waals surface area contributed by atoms with Crippen LogP contribution in [-0.4, -0.2) is 40.0 Å². The van der Waals surface area contributed by atoms with E-state index >= 15 is 0 Å². The predicted octanol–water partition coefficient (Wildman–Crippen LogP) is 1.10. The van der Waals surface area contributed by atoms with Gasteiger partial charge in [0.05, 0.1) is 10.5 Å². The van der Waals surface area contributed by atoms with Gasteiger partial charge in [0, 0.05) is 12.7 Å². The first kappa shape index (κ1) is 19.9. The Morgan fingerprint density at radius 1 is 1.00 bits per heavy atom. The van der Waals surface area contributed by atoms with E-state index in [-0.39, 0.29) is 16.1 Å². The average Bonchev–Trinajstić information content (AvgIpc) is 2.66. The predicted molar refractivity (Wildman–Crippen MR) is 96.6 cm³/mol. The molecule has 0 bridgehead atoms. The van der Waals surface area contributed by atoms with Gasteiger partial charge in [-0.05, 0) is 30.3 Å². The van der Waals surface area contributed by atoms with Gasteiger partial charge in [-0.2, -0.15) is 0 Å². The SMILES string of the molecule is CNC(=O)NC(=O)COC(=O)c1cccc(NS(=O)(=O)c2ccccc2)c1. The van der Waals surface area contributed by atoms with Crippen LogP contribution in [0.3, 0.4) is 0 Å². The van der Waals surface area contributed by atoms with Gasteiger partial charge in [-0.3, -0.25) is 14.8 Å². The van der Waals surface area contributed by atoms with E-state index in [9.17, 15) is 22.8 Å². The standard InChI is InChI=1S/C17H17N3O6S/c1-18-17(23)19-15(21)11-26-16(22)12-6-5-7-13(10-12)20-27(24,25)14-8-3-2-4-9-14/h2-10,20H,11H2,1H3,(H2,18,19,21,23). The molecule has 0 saturated carbocycles. The molecule has 10 heteroatoms. The first-order valence-corrected chi connectivity index (χ1v) is 9.17. The van der Waals surface area contributed by atoms with Gasteiger partial charge >= 0.3 is 12.0 Å². The summed E-state index contributed by atoms with van der Waals surface area (Å²) < 4.78 is 31.8. The zero-order valence-corrected chi connectivity index (χ0v) is 15.1. The summed E-state index contributed by atoms with van der Waals surface area (Å²) >= 11 is 0. The highest BCUT2D eigenvalue weighted by atomic mass is 32.2. The van der Waals surface area contributed by atoms with Crippen molar-refractivity contribution in [1.82, 2.24) is 10.6 Å².